The third kappa shape index (κ3) is 5.90. The summed E-state index contributed by atoms with van der Waals surface area (Å²) in [4.78, 5) is 32.5. The molecule has 2 atom stereocenters. The minimum atomic E-state index is -5.25. The maximum Gasteiger partial charge on any atom is 0.472 e. The van der Waals surface area contributed by atoms with Crippen molar-refractivity contribution in [3.63, 3.8) is 0 Å². The number of ether oxygens (including phenoxy) is 2. The van der Waals surface area contributed by atoms with E-state index in [9.17, 15) is 22.8 Å². The number of nitrogens with one attached hydrogen (secondary N) is 1. The van der Waals surface area contributed by atoms with Gasteiger partial charge in [-0.05, 0) is 6.07 Å². The number of halogens is 4. The molecule has 3 rings (SSSR count). The summed E-state index contributed by atoms with van der Waals surface area (Å²) in [5, 5.41) is 9.66. The molecule has 2 amide bonds. The number of piperidine rings is 1. The Balaban J connectivity index is 1.64. The first-order chi connectivity index (χ1) is 16.0. The molecular formula is C20H21ClF3N5O5. The maximum absolute atomic E-state index is 12.5. The van der Waals surface area contributed by atoms with E-state index in [1.54, 1.807) is 6.07 Å². The fourth-order valence-corrected chi connectivity index (χ4v) is 3.62. The van der Waals surface area contributed by atoms with Crippen LogP contribution in [0.3, 0.4) is 0 Å². The molecule has 0 saturated carbocycles. The fourth-order valence-electron chi connectivity index (χ4n) is 3.40. The van der Waals surface area contributed by atoms with Gasteiger partial charge in [-0.3, -0.25) is 4.79 Å². The topological polar surface area (TPSA) is 117 Å². The monoisotopic (exact) mass is 503 g/mol. The number of hydrogen-bond acceptors (Lipinski definition) is 7. The van der Waals surface area contributed by atoms with Crippen LogP contribution in [-0.2, 0) is 4.79 Å². The first-order valence-corrected chi connectivity index (χ1v) is 10.4. The van der Waals surface area contributed by atoms with E-state index in [0.29, 0.717) is 30.4 Å². The quantitative estimate of drug-likeness (QED) is 0.595. The smallest absolute Gasteiger partial charge is 0.472 e. The van der Waals surface area contributed by atoms with Gasteiger partial charge in [-0.25, -0.2) is 20.2 Å². The van der Waals surface area contributed by atoms with Gasteiger partial charge in [0.15, 0.2) is 0 Å². The van der Waals surface area contributed by atoms with Crippen molar-refractivity contribution < 1.29 is 37.3 Å². The van der Waals surface area contributed by atoms with Gasteiger partial charge in [0, 0.05) is 37.6 Å². The van der Waals surface area contributed by atoms with E-state index in [0.717, 1.165) is 11.9 Å². The largest absolute Gasteiger partial charge is 0.481 e. The summed E-state index contributed by atoms with van der Waals surface area (Å²) in [5.74, 6) is -1.78. The molecule has 2 aromatic heterocycles. The first-order valence-electron chi connectivity index (χ1n) is 9.97. The highest BCUT2D eigenvalue weighted by molar-refractivity contribution is 6.33. The summed E-state index contributed by atoms with van der Waals surface area (Å²) in [5.41, 5.74) is 1.77. The highest BCUT2D eigenvalue weighted by Gasteiger charge is 2.41. The zero-order chi connectivity index (χ0) is 25.0. The van der Waals surface area contributed by atoms with Crippen LogP contribution in [0.25, 0.3) is 0 Å². The Morgan fingerprint density at radius 2 is 1.97 bits per heavy atom. The minimum Gasteiger partial charge on any atom is -0.481 e. The van der Waals surface area contributed by atoms with Gasteiger partial charge in [0.05, 0.1) is 35.9 Å². The predicted molar refractivity (Wildman–Crippen MR) is 115 cm³/mol. The van der Waals surface area contributed by atoms with Gasteiger partial charge in [-0.15, -0.1) is 0 Å². The number of carbonyl (C=O) groups is 2. The Labute approximate surface area is 197 Å². The normalized spacial score (nSPS) is 18.2. The summed E-state index contributed by atoms with van der Waals surface area (Å²) >= 11 is 6.28. The SMILES string of the molecule is COc1cc(N2CCC(Oc3ccc(N(NC(=O)C(F)(F)F)C(=O)O)cn3)C(C)C2)c(Cl)cn1. The lowest BCUT2D eigenvalue weighted by molar-refractivity contribution is -0.173. The van der Waals surface area contributed by atoms with Crippen molar-refractivity contribution in [1.29, 1.82) is 0 Å². The molecule has 1 fully saturated rings. The Hall–Kier alpha value is -3.48. The third-order valence-electron chi connectivity index (χ3n) is 5.10. The molecule has 2 N–H and O–H groups in total. The van der Waals surface area contributed by atoms with E-state index in [-0.39, 0.29) is 28.6 Å². The zero-order valence-corrected chi connectivity index (χ0v) is 18.8. The van der Waals surface area contributed by atoms with Crippen LogP contribution in [0, 0.1) is 5.92 Å². The third-order valence-corrected chi connectivity index (χ3v) is 5.39. The van der Waals surface area contributed by atoms with Gasteiger partial charge < -0.3 is 19.5 Å². The van der Waals surface area contributed by atoms with E-state index >= 15 is 0 Å². The van der Waals surface area contributed by atoms with Gasteiger partial charge in [0.25, 0.3) is 0 Å². The summed E-state index contributed by atoms with van der Waals surface area (Å²) in [7, 11) is 1.51. The predicted octanol–water partition coefficient (Wildman–Crippen LogP) is 3.51. The van der Waals surface area contributed by atoms with Crippen molar-refractivity contribution in [3.8, 4) is 11.8 Å². The van der Waals surface area contributed by atoms with Crippen LogP contribution in [0.2, 0.25) is 5.02 Å². The Kier molecular flexibility index (Phi) is 7.54. The van der Waals surface area contributed by atoms with Gasteiger partial charge in [0.1, 0.15) is 6.10 Å². The average molecular weight is 504 g/mol. The van der Waals surface area contributed by atoms with Crippen molar-refractivity contribution in [1.82, 2.24) is 15.4 Å². The van der Waals surface area contributed by atoms with E-state index < -0.39 is 18.2 Å². The van der Waals surface area contributed by atoms with Gasteiger partial charge >= 0.3 is 18.2 Å². The summed E-state index contributed by atoms with van der Waals surface area (Å²) in [6.45, 7) is 3.22. The molecule has 1 aliphatic rings. The molecule has 0 aliphatic carbocycles. The lowest BCUT2D eigenvalue weighted by Crippen LogP contribution is -2.50. The number of amides is 2. The molecule has 2 aromatic rings. The van der Waals surface area contributed by atoms with E-state index in [4.69, 9.17) is 26.2 Å². The molecule has 184 valence electrons. The number of rotatable bonds is 5. The molecule has 1 saturated heterocycles. The standard InChI is InChI=1S/C20H21ClF3N5O5/c1-11-10-28(14-7-17(33-2)26-9-13(14)21)6-5-15(11)34-16-4-3-12(8-25-16)29(19(31)32)27-18(30)20(22,23)24/h3-4,7-9,11,15H,5-6,10H2,1-2H3,(H,27,30)(H,31,32). The number of pyridine rings is 2. The second-order valence-electron chi connectivity index (χ2n) is 7.46. The molecule has 0 aromatic carbocycles. The zero-order valence-electron chi connectivity index (χ0n) is 18.0. The molecule has 0 radical (unpaired) electrons. The van der Waals surface area contributed by atoms with Gasteiger partial charge in [0.2, 0.25) is 11.8 Å². The van der Waals surface area contributed by atoms with Crippen molar-refractivity contribution >= 4 is 35.0 Å². The van der Waals surface area contributed by atoms with Crippen molar-refractivity contribution in [3.05, 3.63) is 35.6 Å². The van der Waals surface area contributed by atoms with Crippen molar-refractivity contribution in [2.75, 3.05) is 30.1 Å². The molecule has 0 bridgehead atoms. The first kappa shape index (κ1) is 25.1. The molecule has 1 aliphatic heterocycles. The number of carbonyl (C=O) groups excluding carboxylic acids is 1. The Morgan fingerprint density at radius 3 is 2.53 bits per heavy atom. The molecule has 3 heterocycles. The molecule has 2 unspecified atom stereocenters. The average Bonchev–Trinajstić information content (AvgIpc) is 2.79. The minimum absolute atomic E-state index is 0.0282. The Bertz CT molecular complexity index is 1040. The van der Waals surface area contributed by atoms with Gasteiger partial charge in [-0.2, -0.15) is 18.2 Å². The van der Waals surface area contributed by atoms with Crippen molar-refractivity contribution in [2.24, 2.45) is 5.92 Å². The molecule has 14 heteroatoms. The van der Waals surface area contributed by atoms with Gasteiger partial charge in [-0.1, -0.05) is 18.5 Å². The number of carboxylic acid groups (broad SMARTS) is 1. The summed E-state index contributed by atoms with van der Waals surface area (Å²) in [6, 6.07) is 4.24. The molecule has 10 nitrogen and oxygen atoms in total. The molecule has 0 spiro atoms. The molecular weight excluding hydrogens is 483 g/mol. The number of hydrogen-bond donors (Lipinski definition) is 2. The van der Waals surface area contributed by atoms with Crippen LogP contribution in [0.1, 0.15) is 13.3 Å². The highest BCUT2D eigenvalue weighted by atomic mass is 35.5. The van der Waals surface area contributed by atoms with E-state index in [1.807, 2.05) is 6.92 Å². The molecule has 34 heavy (non-hydrogen) atoms. The van der Waals surface area contributed by atoms with E-state index in [1.165, 1.54) is 30.9 Å². The maximum atomic E-state index is 12.5. The number of nitrogens with zero attached hydrogens (tertiary/aromatic N) is 4. The Morgan fingerprint density at radius 1 is 1.26 bits per heavy atom. The number of hydrazine groups is 1. The number of anilines is 2. The van der Waals surface area contributed by atoms with E-state index in [2.05, 4.69) is 14.9 Å². The highest BCUT2D eigenvalue weighted by Crippen LogP contribution is 2.32. The number of aromatic nitrogens is 2. The number of methoxy groups -OCH3 is 1. The van der Waals surface area contributed by atoms with Crippen LogP contribution in [0.15, 0.2) is 30.6 Å². The van der Waals surface area contributed by atoms with Crippen LogP contribution >= 0.6 is 11.6 Å². The summed E-state index contributed by atoms with van der Waals surface area (Å²) in [6.07, 6.45) is -4.16. The second-order valence-corrected chi connectivity index (χ2v) is 7.86. The van der Waals surface area contributed by atoms with Crippen LogP contribution in [0.5, 0.6) is 11.8 Å². The van der Waals surface area contributed by atoms with Crippen LogP contribution in [0.4, 0.5) is 29.3 Å². The lowest BCUT2D eigenvalue weighted by atomic mass is 9.96. The van der Waals surface area contributed by atoms with Crippen LogP contribution < -0.4 is 24.8 Å². The number of alkyl halides is 3. The summed E-state index contributed by atoms with van der Waals surface area (Å²) < 4.78 is 48.4. The second kappa shape index (κ2) is 10.2. The van der Waals surface area contributed by atoms with Crippen LogP contribution in [-0.4, -0.2) is 59.6 Å². The lowest BCUT2D eigenvalue weighted by Gasteiger charge is -2.38. The fraction of sp³-hybridized carbons (Fsp3) is 0.400. The van der Waals surface area contributed by atoms with Crippen molar-refractivity contribution in [2.45, 2.75) is 25.6 Å².